The standard InChI is InChI=1S/C22H21FN4OS/c1-13(2)16-6-4-15(5-7-16)11-21(28)25-20-10-14(3)26-27(20)22-24-18-9-8-17(23)12-19(18)29-22/h4-10,12-13H,11H2,1-3H3,(H,25,28). The topological polar surface area (TPSA) is 59.8 Å². The fourth-order valence-corrected chi connectivity index (χ4v) is 4.06. The van der Waals surface area contributed by atoms with Crippen LogP contribution in [-0.4, -0.2) is 20.7 Å². The molecule has 2 aromatic heterocycles. The van der Waals surface area contributed by atoms with E-state index in [1.165, 1.54) is 29.0 Å². The Morgan fingerprint density at radius 1 is 1.17 bits per heavy atom. The fourth-order valence-electron chi connectivity index (χ4n) is 3.10. The monoisotopic (exact) mass is 408 g/mol. The molecule has 4 rings (SSSR count). The number of halogens is 1. The first-order chi connectivity index (χ1) is 13.9. The third kappa shape index (κ3) is 4.19. The highest BCUT2D eigenvalue weighted by atomic mass is 32.1. The van der Waals surface area contributed by atoms with Crippen LogP contribution in [0.5, 0.6) is 0 Å². The molecule has 0 fully saturated rings. The summed E-state index contributed by atoms with van der Waals surface area (Å²) in [5.41, 5.74) is 3.65. The van der Waals surface area contributed by atoms with Gasteiger partial charge >= 0.3 is 0 Å². The first kappa shape index (κ1) is 19.3. The van der Waals surface area contributed by atoms with Crippen molar-refractivity contribution in [2.45, 2.75) is 33.1 Å². The molecule has 0 saturated carbocycles. The summed E-state index contributed by atoms with van der Waals surface area (Å²) < 4.78 is 15.8. The van der Waals surface area contributed by atoms with Crippen LogP contribution in [0.3, 0.4) is 0 Å². The van der Waals surface area contributed by atoms with Crippen molar-refractivity contribution in [3.05, 3.63) is 71.2 Å². The van der Waals surface area contributed by atoms with Crippen LogP contribution >= 0.6 is 11.3 Å². The molecule has 0 unspecified atom stereocenters. The van der Waals surface area contributed by atoms with Crippen molar-refractivity contribution in [3.8, 4) is 5.13 Å². The van der Waals surface area contributed by atoms with Gasteiger partial charge in [-0.05, 0) is 42.2 Å². The van der Waals surface area contributed by atoms with E-state index in [4.69, 9.17) is 0 Å². The number of aromatic nitrogens is 3. The van der Waals surface area contributed by atoms with Gasteiger partial charge in [0.1, 0.15) is 11.6 Å². The molecule has 4 aromatic rings. The molecule has 0 atom stereocenters. The number of hydrogen-bond donors (Lipinski definition) is 1. The molecule has 7 heteroatoms. The number of thiazole rings is 1. The second kappa shape index (κ2) is 7.75. The Morgan fingerprint density at radius 2 is 1.93 bits per heavy atom. The van der Waals surface area contributed by atoms with E-state index in [9.17, 15) is 9.18 Å². The van der Waals surface area contributed by atoms with Crippen molar-refractivity contribution >= 4 is 33.3 Å². The predicted octanol–water partition coefficient (Wildman–Crippen LogP) is 5.23. The molecule has 0 bridgehead atoms. The Labute approximate surface area is 172 Å². The SMILES string of the molecule is Cc1cc(NC(=O)Cc2ccc(C(C)C)cc2)n(-c2nc3ccc(F)cc3s2)n1. The van der Waals surface area contributed by atoms with Crippen LogP contribution in [0.2, 0.25) is 0 Å². The van der Waals surface area contributed by atoms with E-state index in [-0.39, 0.29) is 18.1 Å². The zero-order valence-corrected chi connectivity index (χ0v) is 17.3. The number of carbonyl (C=O) groups is 1. The van der Waals surface area contributed by atoms with Crippen molar-refractivity contribution in [1.29, 1.82) is 0 Å². The van der Waals surface area contributed by atoms with Gasteiger partial charge in [-0.25, -0.2) is 9.37 Å². The van der Waals surface area contributed by atoms with E-state index in [2.05, 4.69) is 41.4 Å². The van der Waals surface area contributed by atoms with E-state index >= 15 is 0 Å². The van der Waals surface area contributed by atoms with Gasteiger partial charge in [-0.15, -0.1) is 0 Å². The van der Waals surface area contributed by atoms with Crippen molar-refractivity contribution in [2.24, 2.45) is 0 Å². The minimum Gasteiger partial charge on any atom is -0.310 e. The fraction of sp³-hybridized carbons (Fsp3) is 0.227. The molecule has 2 aromatic carbocycles. The summed E-state index contributed by atoms with van der Waals surface area (Å²) in [6.07, 6.45) is 0.271. The number of rotatable bonds is 5. The maximum absolute atomic E-state index is 13.5. The summed E-state index contributed by atoms with van der Waals surface area (Å²) in [5.74, 6) is 0.570. The summed E-state index contributed by atoms with van der Waals surface area (Å²) >= 11 is 1.33. The molecule has 0 spiro atoms. The Balaban J connectivity index is 1.55. The molecule has 0 aliphatic heterocycles. The number of anilines is 1. The van der Waals surface area contributed by atoms with E-state index in [1.54, 1.807) is 16.8 Å². The summed E-state index contributed by atoms with van der Waals surface area (Å²) in [6, 6.07) is 14.4. The van der Waals surface area contributed by atoms with Gasteiger partial charge in [-0.1, -0.05) is 49.4 Å². The zero-order valence-electron chi connectivity index (χ0n) is 16.4. The van der Waals surface area contributed by atoms with E-state index in [0.717, 1.165) is 16.0 Å². The molecule has 0 radical (unpaired) electrons. The normalized spacial score (nSPS) is 11.3. The predicted molar refractivity (Wildman–Crippen MR) is 114 cm³/mol. The highest BCUT2D eigenvalue weighted by Gasteiger charge is 2.15. The number of benzene rings is 2. The highest BCUT2D eigenvalue weighted by Crippen LogP contribution is 2.28. The molecular weight excluding hydrogens is 387 g/mol. The average molecular weight is 409 g/mol. The highest BCUT2D eigenvalue weighted by molar-refractivity contribution is 7.20. The minimum atomic E-state index is -0.304. The number of aryl methyl sites for hydroxylation is 1. The third-order valence-electron chi connectivity index (χ3n) is 4.63. The lowest BCUT2D eigenvalue weighted by Gasteiger charge is -2.08. The summed E-state index contributed by atoms with van der Waals surface area (Å²) in [7, 11) is 0. The molecule has 0 aliphatic rings. The number of amides is 1. The minimum absolute atomic E-state index is 0.129. The van der Waals surface area contributed by atoms with Gasteiger partial charge in [-0.2, -0.15) is 9.78 Å². The van der Waals surface area contributed by atoms with Crippen molar-refractivity contribution in [1.82, 2.24) is 14.8 Å². The number of fused-ring (bicyclic) bond motifs is 1. The van der Waals surface area contributed by atoms with Crippen molar-refractivity contribution in [2.75, 3.05) is 5.32 Å². The van der Waals surface area contributed by atoms with Gasteiger partial charge in [-0.3, -0.25) is 4.79 Å². The van der Waals surface area contributed by atoms with Crippen LogP contribution in [0.25, 0.3) is 15.3 Å². The van der Waals surface area contributed by atoms with Gasteiger partial charge in [0.05, 0.1) is 22.3 Å². The van der Waals surface area contributed by atoms with Crippen LogP contribution in [0.15, 0.2) is 48.5 Å². The van der Waals surface area contributed by atoms with Gasteiger partial charge in [0, 0.05) is 6.07 Å². The molecule has 148 valence electrons. The van der Waals surface area contributed by atoms with Crippen LogP contribution < -0.4 is 5.32 Å². The largest absolute Gasteiger partial charge is 0.310 e. The van der Waals surface area contributed by atoms with Crippen LogP contribution in [0.1, 0.15) is 36.6 Å². The number of carbonyl (C=O) groups excluding carboxylic acids is 1. The van der Waals surface area contributed by atoms with E-state index in [1.807, 2.05) is 19.1 Å². The number of nitrogens with one attached hydrogen (secondary N) is 1. The molecule has 0 saturated heterocycles. The third-order valence-corrected chi connectivity index (χ3v) is 5.62. The summed E-state index contributed by atoms with van der Waals surface area (Å²) in [6.45, 7) is 6.13. The summed E-state index contributed by atoms with van der Waals surface area (Å²) in [4.78, 5) is 17.1. The van der Waals surface area contributed by atoms with Gasteiger partial charge in [0.25, 0.3) is 0 Å². The molecule has 1 N–H and O–H groups in total. The Kier molecular flexibility index (Phi) is 5.15. The van der Waals surface area contributed by atoms with Crippen LogP contribution in [0, 0.1) is 12.7 Å². The molecular formula is C22H21FN4OS. The maximum Gasteiger partial charge on any atom is 0.229 e. The molecule has 1 amide bonds. The zero-order chi connectivity index (χ0) is 20.5. The molecule has 5 nitrogen and oxygen atoms in total. The second-order valence-electron chi connectivity index (χ2n) is 7.31. The van der Waals surface area contributed by atoms with Gasteiger partial charge in [0.2, 0.25) is 11.0 Å². The average Bonchev–Trinajstić information content (AvgIpc) is 3.24. The lowest BCUT2D eigenvalue weighted by molar-refractivity contribution is -0.115. The molecule has 29 heavy (non-hydrogen) atoms. The number of nitrogens with zero attached hydrogens (tertiary/aromatic N) is 3. The van der Waals surface area contributed by atoms with Gasteiger partial charge in [0.15, 0.2) is 0 Å². The Bertz CT molecular complexity index is 1180. The van der Waals surface area contributed by atoms with E-state index in [0.29, 0.717) is 22.4 Å². The lowest BCUT2D eigenvalue weighted by atomic mass is 10.0. The first-order valence-electron chi connectivity index (χ1n) is 9.41. The van der Waals surface area contributed by atoms with Crippen LogP contribution in [-0.2, 0) is 11.2 Å². The Morgan fingerprint density at radius 3 is 2.66 bits per heavy atom. The second-order valence-corrected chi connectivity index (χ2v) is 8.32. The first-order valence-corrected chi connectivity index (χ1v) is 10.2. The van der Waals surface area contributed by atoms with Gasteiger partial charge < -0.3 is 5.32 Å². The lowest BCUT2D eigenvalue weighted by Crippen LogP contribution is -2.17. The van der Waals surface area contributed by atoms with Crippen molar-refractivity contribution < 1.29 is 9.18 Å². The van der Waals surface area contributed by atoms with E-state index < -0.39 is 0 Å². The van der Waals surface area contributed by atoms with Crippen LogP contribution in [0.4, 0.5) is 10.2 Å². The maximum atomic E-state index is 13.5. The molecule has 0 aliphatic carbocycles. The number of hydrogen-bond acceptors (Lipinski definition) is 4. The van der Waals surface area contributed by atoms with Crippen molar-refractivity contribution in [3.63, 3.8) is 0 Å². The Hall–Kier alpha value is -3.06. The molecule has 2 heterocycles. The quantitative estimate of drug-likeness (QED) is 0.492. The summed E-state index contributed by atoms with van der Waals surface area (Å²) in [5, 5.41) is 7.95. The smallest absolute Gasteiger partial charge is 0.229 e.